The lowest BCUT2D eigenvalue weighted by atomic mass is 10.1. The molecular formula is C24H40IN3O3. The number of halogens is 1. The quantitative estimate of drug-likeness (QED) is 0.302. The van der Waals surface area contributed by atoms with E-state index < -0.39 is 0 Å². The summed E-state index contributed by atoms with van der Waals surface area (Å²) in [4.78, 5) is 7.26. The Morgan fingerprint density at radius 2 is 2.03 bits per heavy atom. The van der Waals surface area contributed by atoms with Crippen molar-refractivity contribution < 1.29 is 14.2 Å². The average Bonchev–Trinajstić information content (AvgIpc) is 2.79. The van der Waals surface area contributed by atoms with Crippen LogP contribution in [0.5, 0.6) is 5.75 Å². The number of aliphatic imine (C=N–C) groups is 1. The molecule has 1 atom stereocenters. The second kappa shape index (κ2) is 14.2. The predicted molar refractivity (Wildman–Crippen MR) is 137 cm³/mol. The van der Waals surface area contributed by atoms with E-state index in [1.165, 1.54) is 24.0 Å². The minimum Gasteiger partial charge on any atom is -0.496 e. The zero-order valence-electron chi connectivity index (χ0n) is 19.4. The molecule has 31 heavy (non-hydrogen) atoms. The van der Waals surface area contributed by atoms with Crippen LogP contribution in [0.25, 0.3) is 0 Å². The molecule has 2 aliphatic heterocycles. The van der Waals surface area contributed by atoms with Gasteiger partial charge in [-0.05, 0) is 69.6 Å². The zero-order valence-corrected chi connectivity index (χ0v) is 21.7. The molecule has 0 radical (unpaired) electrons. The van der Waals surface area contributed by atoms with Crippen molar-refractivity contribution in [3.63, 3.8) is 0 Å². The van der Waals surface area contributed by atoms with Crippen LogP contribution in [0.15, 0.2) is 23.2 Å². The van der Waals surface area contributed by atoms with Gasteiger partial charge in [0.05, 0.1) is 25.9 Å². The fraction of sp³-hybridized carbons (Fsp3) is 0.708. The minimum absolute atomic E-state index is 0. The van der Waals surface area contributed by atoms with Gasteiger partial charge in [-0.15, -0.1) is 24.0 Å². The number of nitrogens with zero attached hydrogens (tertiary/aromatic N) is 2. The number of hydrogen-bond donors (Lipinski definition) is 1. The molecule has 0 saturated carbocycles. The van der Waals surface area contributed by atoms with Gasteiger partial charge in [0.1, 0.15) is 5.75 Å². The zero-order chi connectivity index (χ0) is 21.2. The number of rotatable bonds is 8. The lowest BCUT2D eigenvalue weighted by Crippen LogP contribution is -2.47. The van der Waals surface area contributed by atoms with Gasteiger partial charge in [0.15, 0.2) is 5.96 Å². The molecule has 1 N–H and O–H groups in total. The molecule has 3 rings (SSSR count). The molecule has 176 valence electrons. The topological polar surface area (TPSA) is 55.3 Å². The fourth-order valence-corrected chi connectivity index (χ4v) is 4.15. The maximum Gasteiger partial charge on any atom is 0.193 e. The number of hydrogen-bond acceptors (Lipinski definition) is 4. The van der Waals surface area contributed by atoms with Crippen LogP contribution in [0.3, 0.4) is 0 Å². The summed E-state index contributed by atoms with van der Waals surface area (Å²) in [5.41, 5.74) is 2.42. The Bertz CT molecular complexity index is 672. The molecule has 0 aliphatic carbocycles. The molecule has 7 heteroatoms. The van der Waals surface area contributed by atoms with Crippen LogP contribution in [-0.2, 0) is 15.9 Å². The van der Waals surface area contributed by atoms with E-state index in [0.717, 1.165) is 76.8 Å². The van der Waals surface area contributed by atoms with Crippen molar-refractivity contribution in [1.29, 1.82) is 0 Å². The third-order valence-corrected chi connectivity index (χ3v) is 6.00. The Morgan fingerprint density at radius 1 is 1.23 bits per heavy atom. The first-order valence-electron chi connectivity index (χ1n) is 11.6. The number of piperidine rings is 1. The SMILES string of the molecule is CCNC(=NCCc1ccc(C)c(OC)c1)N1CCC(OCC2CCCCO2)CC1.I. The summed E-state index contributed by atoms with van der Waals surface area (Å²) in [5, 5.41) is 3.46. The monoisotopic (exact) mass is 545 g/mol. The summed E-state index contributed by atoms with van der Waals surface area (Å²) in [6, 6.07) is 6.40. The van der Waals surface area contributed by atoms with Crippen LogP contribution in [0, 0.1) is 6.92 Å². The minimum atomic E-state index is 0. The van der Waals surface area contributed by atoms with Crippen molar-refractivity contribution in [3.8, 4) is 5.75 Å². The second-order valence-electron chi connectivity index (χ2n) is 8.30. The molecule has 0 spiro atoms. The highest BCUT2D eigenvalue weighted by Gasteiger charge is 2.23. The van der Waals surface area contributed by atoms with Gasteiger partial charge in [-0.25, -0.2) is 0 Å². The molecule has 0 bridgehead atoms. The molecule has 2 aliphatic rings. The van der Waals surface area contributed by atoms with E-state index in [9.17, 15) is 0 Å². The van der Waals surface area contributed by atoms with E-state index in [1.54, 1.807) is 7.11 Å². The molecule has 2 heterocycles. The number of guanidine groups is 1. The predicted octanol–water partition coefficient (Wildman–Crippen LogP) is 4.18. The van der Waals surface area contributed by atoms with E-state index in [2.05, 4.69) is 42.3 Å². The van der Waals surface area contributed by atoms with E-state index in [1.807, 2.05) is 0 Å². The summed E-state index contributed by atoms with van der Waals surface area (Å²) < 4.78 is 17.4. The highest BCUT2D eigenvalue weighted by molar-refractivity contribution is 14.0. The van der Waals surface area contributed by atoms with Gasteiger partial charge < -0.3 is 24.4 Å². The third kappa shape index (κ3) is 8.42. The van der Waals surface area contributed by atoms with Crippen molar-refractivity contribution in [1.82, 2.24) is 10.2 Å². The summed E-state index contributed by atoms with van der Waals surface area (Å²) >= 11 is 0. The number of ether oxygens (including phenoxy) is 3. The normalized spacial score (nSPS) is 20.3. The standard InChI is InChI=1S/C24H39N3O3.HI/c1-4-25-24(26-13-10-20-9-8-19(2)23(17-20)28-3)27-14-11-21(12-15-27)30-18-22-7-5-6-16-29-22;/h8-9,17,21-22H,4-7,10-16,18H2,1-3H3,(H,25,26);1H. The lowest BCUT2D eigenvalue weighted by molar-refractivity contribution is -0.0721. The number of likely N-dealkylation sites (tertiary alicyclic amines) is 1. The van der Waals surface area contributed by atoms with Gasteiger partial charge in [0.2, 0.25) is 0 Å². The molecule has 2 fully saturated rings. The molecule has 6 nitrogen and oxygen atoms in total. The van der Waals surface area contributed by atoms with Crippen molar-refractivity contribution in [2.24, 2.45) is 4.99 Å². The van der Waals surface area contributed by atoms with Crippen molar-refractivity contribution in [2.45, 2.75) is 64.6 Å². The van der Waals surface area contributed by atoms with E-state index in [4.69, 9.17) is 19.2 Å². The summed E-state index contributed by atoms with van der Waals surface area (Å²) in [7, 11) is 1.73. The van der Waals surface area contributed by atoms with Gasteiger partial charge in [0.25, 0.3) is 0 Å². The number of benzene rings is 1. The molecular weight excluding hydrogens is 505 g/mol. The smallest absolute Gasteiger partial charge is 0.193 e. The molecule has 0 amide bonds. The van der Waals surface area contributed by atoms with Crippen molar-refractivity contribution >= 4 is 29.9 Å². The summed E-state index contributed by atoms with van der Waals surface area (Å²) in [6.45, 7) is 9.46. The second-order valence-corrected chi connectivity index (χ2v) is 8.30. The molecule has 2 saturated heterocycles. The Kier molecular flexibility index (Phi) is 12.0. The van der Waals surface area contributed by atoms with Gasteiger partial charge in [0, 0.05) is 32.8 Å². The van der Waals surface area contributed by atoms with Crippen LogP contribution in [0.2, 0.25) is 0 Å². The van der Waals surface area contributed by atoms with Crippen molar-refractivity contribution in [3.05, 3.63) is 29.3 Å². The Labute approximate surface area is 205 Å². The highest BCUT2D eigenvalue weighted by atomic mass is 127. The molecule has 1 aromatic carbocycles. The first-order chi connectivity index (χ1) is 14.7. The first kappa shape index (κ1) is 26.2. The third-order valence-electron chi connectivity index (χ3n) is 6.00. The molecule has 1 aromatic rings. The van der Waals surface area contributed by atoms with Gasteiger partial charge in [-0.2, -0.15) is 0 Å². The number of methoxy groups -OCH3 is 1. The van der Waals surface area contributed by atoms with Crippen molar-refractivity contribution in [2.75, 3.05) is 46.5 Å². The van der Waals surface area contributed by atoms with Crippen LogP contribution >= 0.6 is 24.0 Å². The first-order valence-corrected chi connectivity index (χ1v) is 11.6. The Balaban J connectivity index is 0.00000341. The Morgan fingerprint density at radius 3 is 2.71 bits per heavy atom. The van der Waals surface area contributed by atoms with Crippen LogP contribution in [-0.4, -0.2) is 69.6 Å². The van der Waals surface area contributed by atoms with E-state index in [0.29, 0.717) is 12.2 Å². The summed E-state index contributed by atoms with van der Waals surface area (Å²) in [5.74, 6) is 1.97. The Hall–Kier alpha value is -1.06. The molecule has 1 unspecified atom stereocenters. The van der Waals surface area contributed by atoms with Crippen LogP contribution in [0.4, 0.5) is 0 Å². The lowest BCUT2D eigenvalue weighted by Gasteiger charge is -2.35. The van der Waals surface area contributed by atoms with Gasteiger partial charge in [-0.1, -0.05) is 12.1 Å². The summed E-state index contributed by atoms with van der Waals surface area (Å²) in [6.07, 6.45) is 7.25. The number of nitrogens with one attached hydrogen (secondary N) is 1. The van der Waals surface area contributed by atoms with Crippen LogP contribution < -0.4 is 10.1 Å². The maximum atomic E-state index is 6.16. The van der Waals surface area contributed by atoms with E-state index in [-0.39, 0.29) is 24.0 Å². The van der Waals surface area contributed by atoms with Gasteiger partial charge in [-0.3, -0.25) is 4.99 Å². The largest absolute Gasteiger partial charge is 0.496 e. The molecule has 0 aromatic heterocycles. The number of aryl methyl sites for hydroxylation is 1. The maximum absolute atomic E-state index is 6.16. The highest BCUT2D eigenvalue weighted by Crippen LogP contribution is 2.20. The van der Waals surface area contributed by atoms with Crippen LogP contribution in [0.1, 0.15) is 50.2 Å². The average molecular weight is 546 g/mol. The van der Waals surface area contributed by atoms with E-state index >= 15 is 0 Å². The van der Waals surface area contributed by atoms with Gasteiger partial charge >= 0.3 is 0 Å². The fourth-order valence-electron chi connectivity index (χ4n) is 4.15.